The van der Waals surface area contributed by atoms with Crippen molar-refractivity contribution in [3.63, 3.8) is 0 Å². The molecule has 0 saturated carbocycles. The van der Waals surface area contributed by atoms with E-state index in [0.29, 0.717) is 10.6 Å². The highest BCUT2D eigenvalue weighted by molar-refractivity contribution is 7.80. The lowest BCUT2D eigenvalue weighted by atomic mass is 10.2. The lowest BCUT2D eigenvalue weighted by Crippen LogP contribution is -2.07. The van der Waals surface area contributed by atoms with Crippen LogP contribution in [0.2, 0.25) is 0 Å². The Morgan fingerprint density at radius 1 is 1.54 bits per heavy atom. The first-order chi connectivity index (χ1) is 5.65. The van der Waals surface area contributed by atoms with E-state index in [1.165, 1.54) is 6.07 Å². The van der Waals surface area contributed by atoms with Crippen LogP contribution in [-0.2, 0) is 0 Å². The molecule has 0 unspecified atom stereocenters. The molecular formula is C7H9ClN2O2S. The van der Waals surface area contributed by atoms with E-state index in [1.807, 2.05) is 0 Å². The van der Waals surface area contributed by atoms with Gasteiger partial charge < -0.3 is 10.5 Å². The van der Waals surface area contributed by atoms with Gasteiger partial charge in [-0.3, -0.25) is 5.84 Å². The van der Waals surface area contributed by atoms with Crippen molar-refractivity contribution in [2.24, 2.45) is 5.84 Å². The fraction of sp³-hybridized carbons (Fsp3) is 0. The monoisotopic (exact) mass is 220 g/mol. The van der Waals surface area contributed by atoms with Crippen molar-refractivity contribution in [3.05, 3.63) is 23.8 Å². The molecule has 4 nitrogen and oxygen atoms in total. The molecule has 0 amide bonds. The standard InChI is InChI=1S/C7H8N2O2S.ClH/c8-9-4-1-2-5(7(10)11)6(12)3-4;/h1-3,9,12H,8H2,(H,10,11);1H. The molecule has 6 heteroatoms. The van der Waals surface area contributed by atoms with Gasteiger partial charge in [-0.05, 0) is 18.2 Å². The Kier molecular flexibility index (Phi) is 4.61. The maximum atomic E-state index is 10.5. The highest BCUT2D eigenvalue weighted by Crippen LogP contribution is 2.18. The second kappa shape index (κ2) is 4.96. The third-order valence-electron chi connectivity index (χ3n) is 1.39. The number of benzene rings is 1. The lowest BCUT2D eigenvalue weighted by molar-refractivity contribution is 0.0693. The van der Waals surface area contributed by atoms with Gasteiger partial charge in [0.2, 0.25) is 0 Å². The second-order valence-electron chi connectivity index (χ2n) is 2.18. The highest BCUT2D eigenvalue weighted by atomic mass is 35.5. The fourth-order valence-corrected chi connectivity index (χ4v) is 1.11. The predicted molar refractivity (Wildman–Crippen MR) is 55.7 cm³/mol. The molecule has 0 fully saturated rings. The van der Waals surface area contributed by atoms with Gasteiger partial charge in [-0.2, -0.15) is 0 Å². The van der Waals surface area contributed by atoms with Crippen molar-refractivity contribution in [1.82, 2.24) is 0 Å². The van der Waals surface area contributed by atoms with Crippen molar-refractivity contribution >= 4 is 36.7 Å². The molecule has 4 N–H and O–H groups in total. The van der Waals surface area contributed by atoms with Gasteiger partial charge in [-0.15, -0.1) is 25.0 Å². The number of nitrogens with two attached hydrogens (primary N) is 1. The van der Waals surface area contributed by atoms with Crippen LogP contribution in [0, 0.1) is 0 Å². The number of nitrogens with one attached hydrogen (secondary N) is 1. The van der Waals surface area contributed by atoms with E-state index in [-0.39, 0.29) is 18.0 Å². The van der Waals surface area contributed by atoms with Crippen molar-refractivity contribution in [2.75, 3.05) is 5.43 Å². The lowest BCUT2D eigenvalue weighted by Gasteiger charge is -2.02. The van der Waals surface area contributed by atoms with E-state index in [4.69, 9.17) is 10.9 Å². The maximum absolute atomic E-state index is 10.5. The zero-order valence-electron chi connectivity index (χ0n) is 6.52. The molecule has 0 heterocycles. The third-order valence-corrected chi connectivity index (χ3v) is 1.76. The Balaban J connectivity index is 0.00000144. The van der Waals surface area contributed by atoms with Crippen molar-refractivity contribution in [2.45, 2.75) is 4.90 Å². The van der Waals surface area contributed by atoms with Crippen LogP contribution in [0.5, 0.6) is 0 Å². The molecule has 0 bridgehead atoms. The number of carboxylic acid groups (broad SMARTS) is 1. The SMILES string of the molecule is Cl.NNc1ccc(C(=O)O)c(S)c1. The van der Waals surface area contributed by atoms with Gasteiger partial charge in [0, 0.05) is 10.6 Å². The summed E-state index contributed by atoms with van der Waals surface area (Å²) in [6.07, 6.45) is 0. The van der Waals surface area contributed by atoms with E-state index < -0.39 is 5.97 Å². The summed E-state index contributed by atoms with van der Waals surface area (Å²) in [7, 11) is 0. The molecule has 1 aromatic rings. The highest BCUT2D eigenvalue weighted by Gasteiger charge is 2.06. The van der Waals surface area contributed by atoms with Gasteiger partial charge in [0.15, 0.2) is 0 Å². The van der Waals surface area contributed by atoms with Crippen molar-refractivity contribution < 1.29 is 9.90 Å². The van der Waals surface area contributed by atoms with Crippen LogP contribution < -0.4 is 11.3 Å². The normalized spacial score (nSPS) is 8.77. The molecule has 1 aromatic carbocycles. The van der Waals surface area contributed by atoms with Crippen LogP contribution in [0.4, 0.5) is 5.69 Å². The summed E-state index contributed by atoms with van der Waals surface area (Å²) in [5.41, 5.74) is 3.19. The number of halogens is 1. The summed E-state index contributed by atoms with van der Waals surface area (Å²) >= 11 is 3.98. The number of hydrogen-bond donors (Lipinski definition) is 4. The average Bonchev–Trinajstić information content (AvgIpc) is 2.03. The minimum absolute atomic E-state index is 0. The minimum Gasteiger partial charge on any atom is -0.478 e. The molecule has 0 atom stereocenters. The first-order valence-electron chi connectivity index (χ1n) is 3.18. The topological polar surface area (TPSA) is 75.3 Å². The first kappa shape index (κ1) is 12.1. The zero-order chi connectivity index (χ0) is 9.14. The molecule has 72 valence electrons. The van der Waals surface area contributed by atoms with Crippen LogP contribution in [0.15, 0.2) is 23.1 Å². The molecule has 1 rings (SSSR count). The van der Waals surface area contributed by atoms with Crippen LogP contribution in [0.25, 0.3) is 0 Å². The van der Waals surface area contributed by atoms with Crippen molar-refractivity contribution in [3.8, 4) is 0 Å². The van der Waals surface area contributed by atoms with E-state index in [9.17, 15) is 4.79 Å². The minimum atomic E-state index is -0.997. The summed E-state index contributed by atoms with van der Waals surface area (Å²) in [5, 5.41) is 8.63. The Bertz CT molecular complexity index is 319. The Morgan fingerprint density at radius 2 is 2.15 bits per heavy atom. The predicted octanol–water partition coefficient (Wildman–Crippen LogP) is 1.38. The molecule has 0 radical (unpaired) electrons. The Labute approximate surface area is 86.9 Å². The molecule has 0 spiro atoms. The van der Waals surface area contributed by atoms with Crippen LogP contribution in [-0.4, -0.2) is 11.1 Å². The molecule has 0 saturated heterocycles. The molecule has 0 aliphatic carbocycles. The average molecular weight is 221 g/mol. The van der Waals surface area contributed by atoms with E-state index in [0.717, 1.165) is 0 Å². The second-order valence-corrected chi connectivity index (χ2v) is 2.66. The first-order valence-corrected chi connectivity index (χ1v) is 3.63. The zero-order valence-corrected chi connectivity index (χ0v) is 8.23. The largest absolute Gasteiger partial charge is 0.478 e. The summed E-state index contributed by atoms with van der Waals surface area (Å²) in [5.74, 6) is 4.12. The fourth-order valence-electron chi connectivity index (χ4n) is 0.802. The number of anilines is 1. The smallest absolute Gasteiger partial charge is 0.336 e. The summed E-state index contributed by atoms with van der Waals surface area (Å²) in [6, 6.07) is 4.57. The molecule has 0 aliphatic heterocycles. The van der Waals surface area contributed by atoms with Gasteiger partial charge in [0.05, 0.1) is 5.56 Å². The quantitative estimate of drug-likeness (QED) is 0.345. The number of carbonyl (C=O) groups is 1. The van der Waals surface area contributed by atoms with Crippen LogP contribution in [0.3, 0.4) is 0 Å². The van der Waals surface area contributed by atoms with Crippen molar-refractivity contribution in [1.29, 1.82) is 0 Å². The van der Waals surface area contributed by atoms with E-state index in [2.05, 4.69) is 18.1 Å². The number of rotatable bonds is 2. The molecule has 13 heavy (non-hydrogen) atoms. The maximum Gasteiger partial charge on any atom is 0.336 e. The number of aromatic carboxylic acids is 1. The van der Waals surface area contributed by atoms with Gasteiger partial charge in [0.25, 0.3) is 0 Å². The Morgan fingerprint density at radius 3 is 2.54 bits per heavy atom. The van der Waals surface area contributed by atoms with Gasteiger partial charge in [0.1, 0.15) is 0 Å². The molecule has 0 aromatic heterocycles. The van der Waals surface area contributed by atoms with E-state index >= 15 is 0 Å². The van der Waals surface area contributed by atoms with Gasteiger partial charge in [-0.25, -0.2) is 4.79 Å². The summed E-state index contributed by atoms with van der Waals surface area (Å²) < 4.78 is 0. The number of hydrazine groups is 1. The Hall–Kier alpha value is -0.910. The van der Waals surface area contributed by atoms with Crippen LogP contribution >= 0.6 is 25.0 Å². The summed E-state index contributed by atoms with van der Waals surface area (Å²) in [4.78, 5) is 10.9. The van der Waals surface area contributed by atoms with Gasteiger partial charge >= 0.3 is 5.97 Å². The summed E-state index contributed by atoms with van der Waals surface area (Å²) in [6.45, 7) is 0. The number of nitrogen functional groups attached to an aromatic ring is 1. The number of carboxylic acids is 1. The van der Waals surface area contributed by atoms with Gasteiger partial charge in [-0.1, -0.05) is 0 Å². The molecule has 0 aliphatic rings. The molecular weight excluding hydrogens is 212 g/mol. The third kappa shape index (κ3) is 2.80. The number of thiol groups is 1. The van der Waals surface area contributed by atoms with E-state index in [1.54, 1.807) is 12.1 Å². The number of hydrogen-bond acceptors (Lipinski definition) is 4. The van der Waals surface area contributed by atoms with Crippen LogP contribution in [0.1, 0.15) is 10.4 Å².